The number of allylic oxidation sites excluding steroid dienone is 2. The minimum absolute atomic E-state index is 1.09. The Hall–Kier alpha value is -1.30. The van der Waals surface area contributed by atoms with Gasteiger partial charge in [-0.25, -0.2) is 0 Å². The molecule has 76 valence electrons. The molecule has 0 saturated carbocycles. The van der Waals surface area contributed by atoms with Gasteiger partial charge < -0.3 is 0 Å². The summed E-state index contributed by atoms with van der Waals surface area (Å²) < 4.78 is 0. The van der Waals surface area contributed by atoms with Crippen molar-refractivity contribution in [2.45, 2.75) is 27.7 Å². The zero-order chi connectivity index (χ0) is 11.1. The van der Waals surface area contributed by atoms with Crippen LogP contribution in [-0.4, -0.2) is 0 Å². The fourth-order valence-electron chi connectivity index (χ4n) is 1.23. The first kappa shape index (κ1) is 12.7. The van der Waals surface area contributed by atoms with Gasteiger partial charge >= 0.3 is 0 Å². The topological polar surface area (TPSA) is 0 Å². The molecule has 0 fully saturated rings. The summed E-state index contributed by atoms with van der Waals surface area (Å²) in [5, 5.41) is 0. The molecule has 0 aliphatic rings. The molecule has 0 amide bonds. The maximum atomic E-state index is 3.93. The predicted molar refractivity (Wildman–Crippen MR) is 67.2 cm³/mol. The predicted octanol–water partition coefficient (Wildman–Crippen LogP) is 4.78. The van der Waals surface area contributed by atoms with Gasteiger partial charge in [0, 0.05) is 0 Å². The van der Waals surface area contributed by atoms with Crippen LogP contribution in [0.2, 0.25) is 0 Å². The zero-order valence-corrected chi connectivity index (χ0v) is 9.72. The Morgan fingerprint density at radius 1 is 0.857 bits per heavy atom. The molecule has 0 aromatic heterocycles. The Balaban J connectivity index is 0.000000791. The SMILES string of the molecule is C=C(C)c1ccccc1C(=C)C.CC. The third-order valence-corrected chi connectivity index (χ3v) is 1.85. The smallest absolute Gasteiger partial charge is 0.0158 e. The summed E-state index contributed by atoms with van der Waals surface area (Å²) in [5.41, 5.74) is 4.58. The molecule has 14 heavy (non-hydrogen) atoms. The molecule has 1 aromatic rings. The van der Waals surface area contributed by atoms with Gasteiger partial charge in [0.05, 0.1) is 0 Å². The maximum absolute atomic E-state index is 3.93. The highest BCUT2D eigenvalue weighted by Gasteiger charge is 2.00. The number of hydrogen-bond acceptors (Lipinski definition) is 0. The molecular formula is C14H20. The van der Waals surface area contributed by atoms with E-state index >= 15 is 0 Å². The van der Waals surface area contributed by atoms with Gasteiger partial charge in [-0.2, -0.15) is 0 Å². The second-order valence-corrected chi connectivity index (χ2v) is 3.11. The van der Waals surface area contributed by atoms with Crippen LogP contribution in [0, 0.1) is 0 Å². The van der Waals surface area contributed by atoms with Crippen molar-refractivity contribution in [2.24, 2.45) is 0 Å². The summed E-state index contributed by atoms with van der Waals surface area (Å²) in [6.45, 7) is 15.9. The van der Waals surface area contributed by atoms with E-state index in [1.165, 1.54) is 11.1 Å². The fourth-order valence-corrected chi connectivity index (χ4v) is 1.23. The first-order valence-corrected chi connectivity index (χ1v) is 5.03. The largest absolute Gasteiger partial charge is 0.0955 e. The molecule has 1 aromatic carbocycles. The molecule has 0 radical (unpaired) electrons. The van der Waals surface area contributed by atoms with Crippen LogP contribution in [0.3, 0.4) is 0 Å². The van der Waals surface area contributed by atoms with Crippen molar-refractivity contribution in [2.75, 3.05) is 0 Å². The molecule has 0 heterocycles. The summed E-state index contributed by atoms with van der Waals surface area (Å²) >= 11 is 0. The molecule has 0 nitrogen and oxygen atoms in total. The van der Waals surface area contributed by atoms with Gasteiger partial charge in [0.2, 0.25) is 0 Å². The van der Waals surface area contributed by atoms with E-state index in [4.69, 9.17) is 0 Å². The van der Waals surface area contributed by atoms with E-state index in [9.17, 15) is 0 Å². The lowest BCUT2D eigenvalue weighted by Gasteiger charge is -2.07. The van der Waals surface area contributed by atoms with Crippen LogP contribution < -0.4 is 0 Å². The van der Waals surface area contributed by atoms with E-state index in [1.807, 2.05) is 39.8 Å². The van der Waals surface area contributed by atoms with E-state index in [-0.39, 0.29) is 0 Å². The average Bonchev–Trinajstić information content (AvgIpc) is 2.20. The highest BCUT2D eigenvalue weighted by atomic mass is 14.1. The van der Waals surface area contributed by atoms with Gasteiger partial charge in [-0.15, -0.1) is 0 Å². The van der Waals surface area contributed by atoms with E-state index in [0.717, 1.165) is 11.1 Å². The summed E-state index contributed by atoms with van der Waals surface area (Å²) in [4.78, 5) is 0. The van der Waals surface area contributed by atoms with Crippen LogP contribution in [0.15, 0.2) is 37.4 Å². The number of hydrogen-bond donors (Lipinski definition) is 0. The van der Waals surface area contributed by atoms with Crippen molar-refractivity contribution in [3.63, 3.8) is 0 Å². The lowest BCUT2D eigenvalue weighted by Crippen LogP contribution is -1.86. The molecule has 1 rings (SSSR count). The minimum atomic E-state index is 1.09. The van der Waals surface area contributed by atoms with Crippen molar-refractivity contribution in [1.29, 1.82) is 0 Å². The zero-order valence-electron chi connectivity index (χ0n) is 9.72. The highest BCUT2D eigenvalue weighted by molar-refractivity contribution is 5.76. The first-order valence-electron chi connectivity index (χ1n) is 5.03. The summed E-state index contributed by atoms with van der Waals surface area (Å²) in [6.07, 6.45) is 0. The molecule has 0 unspecified atom stereocenters. The lowest BCUT2D eigenvalue weighted by atomic mass is 9.98. The second-order valence-electron chi connectivity index (χ2n) is 3.11. The van der Waals surface area contributed by atoms with Crippen LogP contribution in [0.1, 0.15) is 38.8 Å². The van der Waals surface area contributed by atoms with Gasteiger partial charge in [0.25, 0.3) is 0 Å². The van der Waals surface area contributed by atoms with E-state index in [0.29, 0.717) is 0 Å². The van der Waals surface area contributed by atoms with Crippen molar-refractivity contribution in [3.8, 4) is 0 Å². The van der Waals surface area contributed by atoms with Crippen LogP contribution >= 0.6 is 0 Å². The van der Waals surface area contributed by atoms with Crippen molar-refractivity contribution < 1.29 is 0 Å². The Bertz CT molecular complexity index is 286. The quantitative estimate of drug-likeness (QED) is 0.626. The molecule has 0 heteroatoms. The molecular weight excluding hydrogens is 168 g/mol. The van der Waals surface area contributed by atoms with E-state index in [1.54, 1.807) is 0 Å². The number of rotatable bonds is 2. The minimum Gasteiger partial charge on any atom is -0.0955 e. The third-order valence-electron chi connectivity index (χ3n) is 1.85. The third kappa shape index (κ3) is 3.21. The molecule has 0 aliphatic heterocycles. The Kier molecular flexibility index (Phi) is 5.62. The van der Waals surface area contributed by atoms with Gasteiger partial charge in [-0.05, 0) is 25.0 Å². The van der Waals surface area contributed by atoms with Gasteiger partial charge in [0.15, 0.2) is 0 Å². The van der Waals surface area contributed by atoms with Crippen LogP contribution in [0.4, 0.5) is 0 Å². The Morgan fingerprint density at radius 2 is 1.14 bits per heavy atom. The van der Waals surface area contributed by atoms with Crippen molar-refractivity contribution in [3.05, 3.63) is 48.6 Å². The maximum Gasteiger partial charge on any atom is -0.0158 e. The van der Waals surface area contributed by atoms with E-state index < -0.39 is 0 Å². The molecule has 0 saturated heterocycles. The number of benzene rings is 1. The van der Waals surface area contributed by atoms with Crippen LogP contribution in [-0.2, 0) is 0 Å². The summed E-state index contributed by atoms with van der Waals surface area (Å²) in [5.74, 6) is 0. The molecule has 0 bridgehead atoms. The standard InChI is InChI=1S/C12H14.C2H6/c1-9(2)11-7-5-6-8-12(11)10(3)4;1-2/h5-8H,1,3H2,2,4H3;1-2H3. The normalized spacial score (nSPS) is 8.57. The van der Waals surface area contributed by atoms with Crippen molar-refractivity contribution in [1.82, 2.24) is 0 Å². The van der Waals surface area contributed by atoms with Crippen LogP contribution in [0.25, 0.3) is 11.1 Å². The average molecular weight is 188 g/mol. The van der Waals surface area contributed by atoms with Gasteiger partial charge in [-0.1, -0.05) is 62.4 Å². The van der Waals surface area contributed by atoms with Gasteiger partial charge in [0.1, 0.15) is 0 Å². The second kappa shape index (κ2) is 6.20. The fraction of sp³-hybridized carbons (Fsp3) is 0.286. The molecule has 0 N–H and O–H groups in total. The summed E-state index contributed by atoms with van der Waals surface area (Å²) in [6, 6.07) is 8.20. The van der Waals surface area contributed by atoms with Crippen molar-refractivity contribution >= 4 is 11.1 Å². The first-order chi connectivity index (χ1) is 6.63. The summed E-state index contributed by atoms with van der Waals surface area (Å²) in [7, 11) is 0. The van der Waals surface area contributed by atoms with Crippen LogP contribution in [0.5, 0.6) is 0 Å². The monoisotopic (exact) mass is 188 g/mol. The lowest BCUT2D eigenvalue weighted by molar-refractivity contribution is 1.50. The van der Waals surface area contributed by atoms with Gasteiger partial charge in [-0.3, -0.25) is 0 Å². The molecule has 0 atom stereocenters. The molecule has 0 spiro atoms. The van der Waals surface area contributed by atoms with E-state index in [2.05, 4.69) is 25.3 Å². The molecule has 0 aliphatic carbocycles. The highest BCUT2D eigenvalue weighted by Crippen LogP contribution is 2.22. The Labute approximate surface area is 88.0 Å². The Morgan fingerprint density at radius 3 is 1.36 bits per heavy atom.